The van der Waals surface area contributed by atoms with E-state index in [0.29, 0.717) is 25.1 Å². The lowest BCUT2D eigenvalue weighted by atomic mass is 10.1. The highest BCUT2D eigenvalue weighted by Gasteiger charge is 2.29. The second-order valence-corrected chi connectivity index (χ2v) is 4.36. The van der Waals surface area contributed by atoms with Crippen molar-refractivity contribution in [2.24, 2.45) is 0 Å². The minimum atomic E-state index is -0.688. The van der Waals surface area contributed by atoms with Crippen molar-refractivity contribution in [3.8, 4) is 0 Å². The van der Waals surface area contributed by atoms with Crippen molar-refractivity contribution in [2.75, 3.05) is 18.0 Å². The first-order valence-corrected chi connectivity index (χ1v) is 5.86. The first-order chi connectivity index (χ1) is 8.11. The topological polar surface area (TPSA) is 60.8 Å². The quantitative estimate of drug-likeness (QED) is 0.761. The number of hydrogen-bond acceptors (Lipinski definition) is 4. The smallest absolute Gasteiger partial charge is 0.162 e. The zero-order chi connectivity index (χ0) is 12.4. The number of nitrogens with zero attached hydrogens (tertiary/aromatic N) is 1. The third-order valence-electron chi connectivity index (χ3n) is 3.13. The van der Waals surface area contributed by atoms with Crippen molar-refractivity contribution >= 4 is 11.5 Å². The monoisotopic (exact) mass is 235 g/mol. The fourth-order valence-corrected chi connectivity index (χ4v) is 2.04. The van der Waals surface area contributed by atoms with Gasteiger partial charge in [0.05, 0.1) is 12.2 Å². The second-order valence-electron chi connectivity index (χ2n) is 4.36. The molecule has 1 fully saturated rings. The van der Waals surface area contributed by atoms with Crippen molar-refractivity contribution < 1.29 is 15.0 Å². The van der Waals surface area contributed by atoms with E-state index < -0.39 is 12.2 Å². The van der Waals surface area contributed by atoms with Crippen LogP contribution in [0.25, 0.3) is 0 Å². The Morgan fingerprint density at radius 2 is 1.76 bits per heavy atom. The molecule has 0 radical (unpaired) electrons. The van der Waals surface area contributed by atoms with E-state index in [4.69, 9.17) is 0 Å². The molecule has 0 saturated carbocycles. The molecule has 1 aromatic rings. The molecule has 0 amide bonds. The van der Waals surface area contributed by atoms with Crippen LogP contribution in [0.5, 0.6) is 0 Å². The number of rotatable bonds is 3. The van der Waals surface area contributed by atoms with Gasteiger partial charge >= 0.3 is 0 Å². The molecule has 1 saturated heterocycles. The number of anilines is 1. The molecular weight excluding hydrogens is 218 g/mol. The first-order valence-electron chi connectivity index (χ1n) is 5.86. The lowest BCUT2D eigenvalue weighted by Crippen LogP contribution is -2.22. The van der Waals surface area contributed by atoms with E-state index >= 15 is 0 Å². The highest BCUT2D eigenvalue weighted by molar-refractivity contribution is 5.96. The van der Waals surface area contributed by atoms with Crippen LogP contribution in [0, 0.1) is 0 Å². The molecule has 1 aromatic carbocycles. The molecule has 2 atom stereocenters. The van der Waals surface area contributed by atoms with Crippen molar-refractivity contribution in [1.82, 2.24) is 0 Å². The molecule has 1 aliphatic rings. The lowest BCUT2D eigenvalue weighted by molar-refractivity contribution is 0.0572. The minimum Gasteiger partial charge on any atom is -0.389 e. The maximum atomic E-state index is 11.5. The van der Waals surface area contributed by atoms with Crippen LogP contribution in [0.2, 0.25) is 0 Å². The van der Waals surface area contributed by atoms with Gasteiger partial charge in [0, 0.05) is 30.8 Å². The van der Waals surface area contributed by atoms with Crippen molar-refractivity contribution in [3.05, 3.63) is 29.8 Å². The Kier molecular flexibility index (Phi) is 3.45. The Labute approximate surface area is 100 Å². The zero-order valence-electron chi connectivity index (χ0n) is 9.84. The van der Waals surface area contributed by atoms with Crippen molar-refractivity contribution in [3.63, 3.8) is 0 Å². The summed E-state index contributed by atoms with van der Waals surface area (Å²) in [6.45, 7) is 2.70. The number of ketones is 1. The fraction of sp³-hybridized carbons (Fsp3) is 0.462. The Hall–Kier alpha value is -1.39. The largest absolute Gasteiger partial charge is 0.389 e. The maximum absolute atomic E-state index is 11.5. The lowest BCUT2D eigenvalue weighted by Gasteiger charge is -2.17. The van der Waals surface area contributed by atoms with Crippen LogP contribution in [0.1, 0.15) is 23.7 Å². The molecule has 17 heavy (non-hydrogen) atoms. The Bertz CT molecular complexity index is 392. The molecule has 0 bridgehead atoms. The SMILES string of the molecule is CCC(=O)c1ccc(N2CC(O)C(O)C2)cc1. The van der Waals surface area contributed by atoms with E-state index in [9.17, 15) is 15.0 Å². The summed E-state index contributed by atoms with van der Waals surface area (Å²) in [4.78, 5) is 13.4. The molecular formula is C13H17NO3. The third kappa shape index (κ3) is 2.48. The van der Waals surface area contributed by atoms with E-state index in [1.165, 1.54) is 0 Å². The van der Waals surface area contributed by atoms with Gasteiger partial charge in [-0.15, -0.1) is 0 Å². The van der Waals surface area contributed by atoms with Gasteiger partial charge in [-0.05, 0) is 24.3 Å². The summed E-state index contributed by atoms with van der Waals surface area (Å²) in [7, 11) is 0. The summed E-state index contributed by atoms with van der Waals surface area (Å²) in [6.07, 6.45) is -0.876. The summed E-state index contributed by atoms with van der Waals surface area (Å²) < 4.78 is 0. The standard InChI is InChI=1S/C13H17NO3/c1-2-11(15)9-3-5-10(6-4-9)14-7-12(16)13(17)8-14/h3-6,12-13,16-17H,2,7-8H2,1H3. The predicted molar refractivity (Wildman–Crippen MR) is 65.3 cm³/mol. The van der Waals surface area contributed by atoms with Crippen LogP contribution in [-0.2, 0) is 0 Å². The van der Waals surface area contributed by atoms with E-state index in [-0.39, 0.29) is 5.78 Å². The predicted octanol–water partition coefficient (Wildman–Crippen LogP) is 0.821. The number of carbonyl (C=O) groups excluding carboxylic acids is 1. The van der Waals surface area contributed by atoms with Gasteiger partial charge < -0.3 is 15.1 Å². The van der Waals surface area contributed by atoms with Gasteiger partial charge in [-0.3, -0.25) is 4.79 Å². The summed E-state index contributed by atoms with van der Waals surface area (Å²) in [5.41, 5.74) is 1.63. The molecule has 2 rings (SSSR count). The Balaban J connectivity index is 2.11. The summed E-state index contributed by atoms with van der Waals surface area (Å²) in [6, 6.07) is 7.29. The fourth-order valence-electron chi connectivity index (χ4n) is 2.04. The number of carbonyl (C=O) groups is 1. The first kappa shape index (κ1) is 12.1. The molecule has 0 aliphatic carbocycles. The van der Waals surface area contributed by atoms with Gasteiger partial charge in [0.15, 0.2) is 5.78 Å². The average Bonchev–Trinajstić information content (AvgIpc) is 2.69. The number of Topliss-reactive ketones (excluding diaryl/α,β-unsaturated/α-hetero) is 1. The van der Waals surface area contributed by atoms with Gasteiger partial charge in [-0.25, -0.2) is 0 Å². The number of benzene rings is 1. The summed E-state index contributed by atoms with van der Waals surface area (Å²) in [5, 5.41) is 18.9. The molecule has 4 nitrogen and oxygen atoms in total. The molecule has 1 heterocycles. The molecule has 2 N–H and O–H groups in total. The zero-order valence-corrected chi connectivity index (χ0v) is 9.84. The molecule has 0 spiro atoms. The van der Waals surface area contributed by atoms with E-state index in [1.807, 2.05) is 24.0 Å². The molecule has 4 heteroatoms. The summed E-state index contributed by atoms with van der Waals surface area (Å²) in [5.74, 6) is 0.123. The molecule has 2 unspecified atom stereocenters. The van der Waals surface area contributed by atoms with E-state index in [1.54, 1.807) is 12.1 Å². The Morgan fingerprint density at radius 1 is 1.24 bits per heavy atom. The minimum absolute atomic E-state index is 0.123. The highest BCUT2D eigenvalue weighted by atomic mass is 16.3. The Morgan fingerprint density at radius 3 is 2.24 bits per heavy atom. The van der Waals surface area contributed by atoms with Gasteiger partial charge in [0.25, 0.3) is 0 Å². The third-order valence-corrected chi connectivity index (χ3v) is 3.13. The summed E-state index contributed by atoms with van der Waals surface area (Å²) >= 11 is 0. The van der Waals surface area contributed by atoms with Crippen LogP contribution in [0.3, 0.4) is 0 Å². The van der Waals surface area contributed by atoms with Gasteiger partial charge in [-0.1, -0.05) is 6.92 Å². The van der Waals surface area contributed by atoms with Crippen LogP contribution < -0.4 is 4.90 Å². The second kappa shape index (κ2) is 4.85. The molecule has 1 aliphatic heterocycles. The van der Waals surface area contributed by atoms with Gasteiger partial charge in [-0.2, -0.15) is 0 Å². The van der Waals surface area contributed by atoms with Gasteiger partial charge in [0.1, 0.15) is 0 Å². The average molecular weight is 235 g/mol. The van der Waals surface area contributed by atoms with Crippen LogP contribution in [0.15, 0.2) is 24.3 Å². The number of aliphatic hydroxyl groups excluding tert-OH is 2. The highest BCUT2D eigenvalue weighted by Crippen LogP contribution is 2.21. The van der Waals surface area contributed by atoms with Gasteiger partial charge in [0.2, 0.25) is 0 Å². The maximum Gasteiger partial charge on any atom is 0.162 e. The molecule has 0 aromatic heterocycles. The van der Waals surface area contributed by atoms with E-state index in [2.05, 4.69) is 0 Å². The van der Waals surface area contributed by atoms with Crippen molar-refractivity contribution in [1.29, 1.82) is 0 Å². The number of β-amino-alcohol motifs (C(OH)–C–C–N with tert-alkyl or cyclic N) is 2. The van der Waals surface area contributed by atoms with Crippen LogP contribution in [0.4, 0.5) is 5.69 Å². The normalized spacial score (nSPS) is 24.1. The number of hydrogen-bond donors (Lipinski definition) is 2. The number of aliphatic hydroxyl groups is 2. The van der Waals surface area contributed by atoms with Crippen LogP contribution in [-0.4, -0.2) is 41.3 Å². The van der Waals surface area contributed by atoms with Crippen LogP contribution >= 0.6 is 0 Å². The van der Waals surface area contributed by atoms with E-state index in [0.717, 1.165) is 5.69 Å². The molecule has 92 valence electrons. The van der Waals surface area contributed by atoms with Crippen molar-refractivity contribution in [2.45, 2.75) is 25.6 Å².